The van der Waals surface area contributed by atoms with E-state index in [9.17, 15) is 9.59 Å². The number of nitrogens with zero attached hydrogens (tertiary/aromatic N) is 1. The lowest BCUT2D eigenvalue weighted by molar-refractivity contribution is -0.121. The molecule has 5 nitrogen and oxygen atoms in total. The van der Waals surface area contributed by atoms with Crippen LogP contribution < -0.4 is 5.32 Å². The highest BCUT2D eigenvalue weighted by molar-refractivity contribution is 5.96. The Balaban J connectivity index is 2.50. The third kappa shape index (κ3) is 5.55. The second-order valence-corrected chi connectivity index (χ2v) is 5.16. The lowest BCUT2D eigenvalue weighted by Gasteiger charge is -2.17. The molecule has 0 aromatic heterocycles. The number of hydrogen-bond donors (Lipinski definition) is 1. The molecule has 1 aromatic carbocycles. The Hall–Kier alpha value is -1.88. The van der Waals surface area contributed by atoms with Crippen molar-refractivity contribution < 1.29 is 14.3 Å². The zero-order valence-electron chi connectivity index (χ0n) is 13.2. The van der Waals surface area contributed by atoms with E-state index < -0.39 is 0 Å². The summed E-state index contributed by atoms with van der Waals surface area (Å²) < 4.78 is 4.91. The van der Waals surface area contributed by atoms with E-state index in [4.69, 9.17) is 4.74 Å². The van der Waals surface area contributed by atoms with E-state index in [0.29, 0.717) is 18.7 Å². The highest BCUT2D eigenvalue weighted by atomic mass is 16.5. The zero-order valence-corrected chi connectivity index (χ0v) is 13.2. The molecule has 0 atom stereocenters. The van der Waals surface area contributed by atoms with Crippen molar-refractivity contribution in [2.24, 2.45) is 0 Å². The van der Waals surface area contributed by atoms with Crippen molar-refractivity contribution >= 4 is 11.8 Å². The van der Waals surface area contributed by atoms with Gasteiger partial charge in [-0.25, -0.2) is 0 Å². The summed E-state index contributed by atoms with van der Waals surface area (Å²) >= 11 is 0. The first-order chi connectivity index (χ1) is 9.95. The molecule has 5 heteroatoms. The molecule has 0 aliphatic carbocycles. The number of nitrogens with one attached hydrogen (secondary N) is 1. The van der Waals surface area contributed by atoms with Crippen molar-refractivity contribution in [1.29, 1.82) is 0 Å². The smallest absolute Gasteiger partial charge is 0.254 e. The summed E-state index contributed by atoms with van der Waals surface area (Å²) in [4.78, 5) is 25.4. The topological polar surface area (TPSA) is 58.6 Å². The van der Waals surface area contributed by atoms with Crippen molar-refractivity contribution in [1.82, 2.24) is 10.2 Å². The summed E-state index contributed by atoms with van der Waals surface area (Å²) in [7, 11) is 3.25. The molecule has 0 radical (unpaired) electrons. The van der Waals surface area contributed by atoms with Crippen LogP contribution in [0.2, 0.25) is 0 Å². The number of hydrogen-bond acceptors (Lipinski definition) is 3. The Morgan fingerprint density at radius 3 is 2.57 bits per heavy atom. The normalized spacial score (nSPS) is 10.3. The first-order valence-corrected chi connectivity index (χ1v) is 7.04. The highest BCUT2D eigenvalue weighted by Crippen LogP contribution is 2.11. The average Bonchev–Trinajstić information content (AvgIpc) is 2.45. The fourth-order valence-electron chi connectivity index (χ4n) is 1.88. The fourth-order valence-corrected chi connectivity index (χ4v) is 1.88. The third-order valence-corrected chi connectivity index (χ3v) is 3.33. The summed E-state index contributed by atoms with van der Waals surface area (Å²) in [5.41, 5.74) is 2.82. The summed E-state index contributed by atoms with van der Waals surface area (Å²) in [6, 6.07) is 5.56. The van der Waals surface area contributed by atoms with E-state index in [-0.39, 0.29) is 18.4 Å². The van der Waals surface area contributed by atoms with Gasteiger partial charge in [0.2, 0.25) is 5.91 Å². The molecule has 0 aliphatic rings. The molecule has 0 unspecified atom stereocenters. The van der Waals surface area contributed by atoms with Gasteiger partial charge in [0.1, 0.15) is 0 Å². The molecule has 0 aliphatic heterocycles. The molecule has 0 saturated heterocycles. The van der Waals surface area contributed by atoms with Gasteiger partial charge in [-0.15, -0.1) is 0 Å². The molecule has 1 N–H and O–H groups in total. The van der Waals surface area contributed by atoms with E-state index in [2.05, 4.69) is 5.32 Å². The van der Waals surface area contributed by atoms with E-state index in [1.54, 1.807) is 20.2 Å². The second-order valence-electron chi connectivity index (χ2n) is 5.16. The van der Waals surface area contributed by atoms with Gasteiger partial charge in [0, 0.05) is 32.9 Å². The number of aryl methyl sites for hydroxylation is 2. The van der Waals surface area contributed by atoms with Crippen molar-refractivity contribution in [2.75, 3.05) is 33.9 Å². The largest absolute Gasteiger partial charge is 0.385 e. The van der Waals surface area contributed by atoms with Crippen molar-refractivity contribution in [3.8, 4) is 0 Å². The maximum absolute atomic E-state index is 12.2. The number of benzene rings is 1. The van der Waals surface area contributed by atoms with Gasteiger partial charge < -0.3 is 15.0 Å². The Labute approximate surface area is 126 Å². The predicted octanol–water partition coefficient (Wildman–Crippen LogP) is 1.53. The number of rotatable bonds is 7. The number of methoxy groups -OCH3 is 1. The summed E-state index contributed by atoms with van der Waals surface area (Å²) in [6.07, 6.45) is 0.761. The number of ether oxygens (including phenoxy) is 1. The molecular weight excluding hydrogens is 268 g/mol. The molecule has 21 heavy (non-hydrogen) atoms. The minimum atomic E-state index is -0.161. The van der Waals surface area contributed by atoms with Crippen LogP contribution in [0.1, 0.15) is 27.9 Å². The van der Waals surface area contributed by atoms with Gasteiger partial charge in [-0.3, -0.25) is 9.59 Å². The first-order valence-electron chi connectivity index (χ1n) is 7.04. The molecule has 1 rings (SSSR count). The molecule has 0 saturated carbocycles. The van der Waals surface area contributed by atoms with Crippen LogP contribution >= 0.6 is 0 Å². The van der Waals surface area contributed by atoms with Gasteiger partial charge in [-0.2, -0.15) is 0 Å². The Morgan fingerprint density at radius 1 is 1.24 bits per heavy atom. The van der Waals surface area contributed by atoms with Crippen LogP contribution in [0.25, 0.3) is 0 Å². The molecule has 0 bridgehead atoms. The number of carbonyl (C=O) groups excluding carboxylic acids is 2. The van der Waals surface area contributed by atoms with Crippen LogP contribution in [0, 0.1) is 13.8 Å². The minimum Gasteiger partial charge on any atom is -0.385 e. The second kappa shape index (κ2) is 8.42. The highest BCUT2D eigenvalue weighted by Gasteiger charge is 2.15. The van der Waals surface area contributed by atoms with Crippen LogP contribution in [0.3, 0.4) is 0 Å². The molecule has 0 spiro atoms. The summed E-state index contributed by atoms with van der Waals surface area (Å²) in [5.74, 6) is -0.309. The Bertz CT molecular complexity index is 500. The van der Waals surface area contributed by atoms with Crippen LogP contribution in [0.15, 0.2) is 18.2 Å². The standard InChI is InChI=1S/C16H24N2O3/c1-12-6-7-14(10-13(12)2)16(20)18(3)11-15(19)17-8-5-9-21-4/h6-7,10H,5,8-9,11H2,1-4H3,(H,17,19). The van der Waals surface area contributed by atoms with Gasteiger partial charge in [-0.05, 0) is 43.5 Å². The lowest BCUT2D eigenvalue weighted by Crippen LogP contribution is -2.38. The average molecular weight is 292 g/mol. The summed E-state index contributed by atoms with van der Waals surface area (Å²) in [5, 5.41) is 2.76. The van der Waals surface area contributed by atoms with Crippen LogP contribution in [0.4, 0.5) is 0 Å². The lowest BCUT2D eigenvalue weighted by atomic mass is 10.1. The predicted molar refractivity (Wildman–Crippen MR) is 82.4 cm³/mol. The fraction of sp³-hybridized carbons (Fsp3) is 0.500. The first kappa shape index (κ1) is 17.2. The molecular formula is C16H24N2O3. The quantitative estimate of drug-likeness (QED) is 0.775. The molecule has 0 fully saturated rings. The minimum absolute atomic E-state index is 0.0543. The molecule has 2 amide bonds. The molecule has 116 valence electrons. The maximum Gasteiger partial charge on any atom is 0.254 e. The van der Waals surface area contributed by atoms with Crippen LogP contribution in [0.5, 0.6) is 0 Å². The van der Waals surface area contributed by atoms with Gasteiger partial charge in [0.05, 0.1) is 6.54 Å². The Morgan fingerprint density at radius 2 is 1.95 bits per heavy atom. The van der Waals surface area contributed by atoms with Crippen molar-refractivity contribution in [3.05, 3.63) is 34.9 Å². The van der Waals surface area contributed by atoms with E-state index in [0.717, 1.165) is 17.5 Å². The van der Waals surface area contributed by atoms with Gasteiger partial charge in [0.15, 0.2) is 0 Å². The molecule has 1 aromatic rings. The SMILES string of the molecule is COCCCNC(=O)CN(C)C(=O)c1ccc(C)c(C)c1. The number of likely N-dealkylation sites (N-methyl/N-ethyl adjacent to an activating group) is 1. The van der Waals surface area contributed by atoms with E-state index in [1.165, 1.54) is 4.90 Å². The number of amides is 2. The summed E-state index contributed by atoms with van der Waals surface area (Å²) in [6.45, 7) is 5.18. The zero-order chi connectivity index (χ0) is 15.8. The molecule has 0 heterocycles. The van der Waals surface area contributed by atoms with E-state index >= 15 is 0 Å². The third-order valence-electron chi connectivity index (χ3n) is 3.33. The van der Waals surface area contributed by atoms with Crippen molar-refractivity contribution in [2.45, 2.75) is 20.3 Å². The van der Waals surface area contributed by atoms with Gasteiger partial charge in [0.25, 0.3) is 5.91 Å². The maximum atomic E-state index is 12.2. The van der Waals surface area contributed by atoms with Gasteiger partial charge in [-0.1, -0.05) is 6.07 Å². The van der Waals surface area contributed by atoms with Crippen LogP contribution in [-0.4, -0.2) is 50.6 Å². The van der Waals surface area contributed by atoms with Crippen molar-refractivity contribution in [3.63, 3.8) is 0 Å². The van der Waals surface area contributed by atoms with Gasteiger partial charge >= 0.3 is 0 Å². The van der Waals surface area contributed by atoms with E-state index in [1.807, 2.05) is 26.0 Å². The monoisotopic (exact) mass is 292 g/mol. The van der Waals surface area contributed by atoms with Crippen LogP contribution in [-0.2, 0) is 9.53 Å². The Kier molecular flexibility index (Phi) is 6.88. The number of carbonyl (C=O) groups is 2.